The molecular formula is C18H29N3O2. The number of rotatable bonds is 7. The fraction of sp³-hybridized carbons (Fsp3) is 0.611. The van der Waals surface area contributed by atoms with E-state index in [1.54, 1.807) is 0 Å². The molecule has 1 unspecified atom stereocenters. The molecule has 0 radical (unpaired) electrons. The number of hydrogen-bond acceptors (Lipinski definition) is 4. The van der Waals surface area contributed by atoms with Crippen molar-refractivity contribution >= 4 is 5.91 Å². The number of likely N-dealkylation sites (tertiary alicyclic amines) is 1. The summed E-state index contributed by atoms with van der Waals surface area (Å²) >= 11 is 0. The molecule has 0 saturated carbocycles. The molecule has 1 aliphatic rings. The molecule has 1 fully saturated rings. The third-order valence-corrected chi connectivity index (χ3v) is 4.46. The molecule has 4 N–H and O–H groups in total. The van der Waals surface area contributed by atoms with Gasteiger partial charge in [-0.2, -0.15) is 0 Å². The van der Waals surface area contributed by atoms with Crippen molar-refractivity contribution in [2.24, 2.45) is 5.73 Å². The summed E-state index contributed by atoms with van der Waals surface area (Å²) < 4.78 is 0. The monoisotopic (exact) mass is 319 g/mol. The molecule has 1 amide bonds. The smallest absolute Gasteiger partial charge is 0.237 e. The van der Waals surface area contributed by atoms with Gasteiger partial charge in [-0.05, 0) is 30.4 Å². The third-order valence-electron chi connectivity index (χ3n) is 4.46. The van der Waals surface area contributed by atoms with Crippen LogP contribution in [0.15, 0.2) is 24.3 Å². The van der Waals surface area contributed by atoms with E-state index in [-0.39, 0.29) is 12.0 Å². The van der Waals surface area contributed by atoms with E-state index in [2.05, 4.69) is 22.3 Å². The van der Waals surface area contributed by atoms with Crippen LogP contribution in [0.5, 0.6) is 0 Å². The summed E-state index contributed by atoms with van der Waals surface area (Å²) in [5.41, 5.74) is 8.21. The third kappa shape index (κ3) is 5.61. The Bertz CT molecular complexity index is 499. The maximum Gasteiger partial charge on any atom is 0.237 e. The molecule has 23 heavy (non-hydrogen) atoms. The Kier molecular flexibility index (Phi) is 7.02. The van der Waals surface area contributed by atoms with Gasteiger partial charge in [0.05, 0.1) is 12.1 Å². The summed E-state index contributed by atoms with van der Waals surface area (Å²) in [6.45, 7) is 5.24. The number of amides is 1. The maximum absolute atomic E-state index is 12.0. The van der Waals surface area contributed by atoms with Gasteiger partial charge in [0, 0.05) is 26.2 Å². The summed E-state index contributed by atoms with van der Waals surface area (Å²) in [5, 5.41) is 12.5. The van der Waals surface area contributed by atoms with E-state index < -0.39 is 6.04 Å². The first kappa shape index (κ1) is 17.9. The summed E-state index contributed by atoms with van der Waals surface area (Å²) in [4.78, 5) is 14.3. The minimum absolute atomic E-state index is 0.0808. The zero-order valence-corrected chi connectivity index (χ0v) is 14.0. The van der Waals surface area contributed by atoms with Crippen LogP contribution in [-0.4, -0.2) is 41.1 Å². The van der Waals surface area contributed by atoms with E-state index in [9.17, 15) is 9.90 Å². The Labute approximate surface area is 138 Å². The lowest BCUT2D eigenvalue weighted by molar-refractivity contribution is -0.122. The summed E-state index contributed by atoms with van der Waals surface area (Å²) in [5.74, 6) is -0.0808. The van der Waals surface area contributed by atoms with E-state index in [1.165, 1.54) is 5.56 Å². The lowest BCUT2D eigenvalue weighted by Gasteiger charge is -2.30. The number of nitrogens with two attached hydrogens (primary N) is 1. The fourth-order valence-corrected chi connectivity index (χ4v) is 2.96. The van der Waals surface area contributed by atoms with Crippen LogP contribution in [0.1, 0.15) is 43.7 Å². The predicted molar refractivity (Wildman–Crippen MR) is 91.7 cm³/mol. The molecule has 0 spiro atoms. The lowest BCUT2D eigenvalue weighted by atomic mass is 10.0. The normalized spacial score (nSPS) is 17.9. The molecule has 0 aliphatic carbocycles. The van der Waals surface area contributed by atoms with Gasteiger partial charge in [-0.25, -0.2) is 0 Å². The first-order chi connectivity index (χ1) is 11.1. The molecule has 5 nitrogen and oxygen atoms in total. The molecule has 1 aliphatic heterocycles. The molecule has 1 aromatic rings. The maximum atomic E-state index is 12.0. The van der Waals surface area contributed by atoms with Crippen molar-refractivity contribution < 1.29 is 9.90 Å². The number of aliphatic hydroxyl groups is 1. The Morgan fingerprint density at radius 3 is 2.65 bits per heavy atom. The number of piperidine rings is 1. The zero-order valence-electron chi connectivity index (χ0n) is 14.0. The molecule has 0 aromatic heterocycles. The molecule has 2 rings (SSSR count). The van der Waals surface area contributed by atoms with Gasteiger partial charge in [-0.15, -0.1) is 0 Å². The number of benzene rings is 1. The van der Waals surface area contributed by atoms with Gasteiger partial charge in [0.1, 0.15) is 0 Å². The van der Waals surface area contributed by atoms with E-state index in [1.807, 2.05) is 19.1 Å². The average molecular weight is 319 g/mol. The molecular weight excluding hydrogens is 290 g/mol. The van der Waals surface area contributed by atoms with Crippen molar-refractivity contribution in [1.29, 1.82) is 0 Å². The van der Waals surface area contributed by atoms with Gasteiger partial charge in [0.15, 0.2) is 0 Å². The van der Waals surface area contributed by atoms with Crippen LogP contribution in [0.4, 0.5) is 0 Å². The molecule has 5 heteroatoms. The quantitative estimate of drug-likeness (QED) is 0.709. The number of nitrogens with zero attached hydrogens (tertiary/aromatic N) is 1. The van der Waals surface area contributed by atoms with Crippen molar-refractivity contribution in [2.75, 3.05) is 13.1 Å². The van der Waals surface area contributed by atoms with Crippen LogP contribution in [0.2, 0.25) is 0 Å². The van der Waals surface area contributed by atoms with E-state index in [0.29, 0.717) is 13.0 Å². The van der Waals surface area contributed by atoms with Crippen molar-refractivity contribution in [3.05, 3.63) is 35.4 Å². The summed E-state index contributed by atoms with van der Waals surface area (Å²) in [7, 11) is 0. The fourth-order valence-electron chi connectivity index (χ4n) is 2.96. The Morgan fingerprint density at radius 2 is 2.00 bits per heavy atom. The molecule has 1 aromatic carbocycles. The van der Waals surface area contributed by atoms with Gasteiger partial charge >= 0.3 is 0 Å². The van der Waals surface area contributed by atoms with Gasteiger partial charge in [0.2, 0.25) is 5.91 Å². The van der Waals surface area contributed by atoms with E-state index >= 15 is 0 Å². The van der Waals surface area contributed by atoms with Crippen molar-refractivity contribution in [3.8, 4) is 0 Å². The Morgan fingerprint density at radius 1 is 1.35 bits per heavy atom. The highest BCUT2D eigenvalue weighted by Gasteiger charge is 2.18. The van der Waals surface area contributed by atoms with Gasteiger partial charge in [-0.3, -0.25) is 9.69 Å². The van der Waals surface area contributed by atoms with Gasteiger partial charge in [-0.1, -0.05) is 37.6 Å². The van der Waals surface area contributed by atoms with Crippen molar-refractivity contribution in [2.45, 2.75) is 57.8 Å². The number of aliphatic hydroxyl groups excluding tert-OH is 1. The van der Waals surface area contributed by atoms with E-state index in [4.69, 9.17) is 5.73 Å². The average Bonchev–Trinajstić information content (AvgIpc) is 2.56. The second-order valence-corrected chi connectivity index (χ2v) is 6.39. The van der Waals surface area contributed by atoms with Crippen molar-refractivity contribution in [1.82, 2.24) is 10.2 Å². The molecule has 1 heterocycles. The Hall–Kier alpha value is -1.43. The number of nitrogens with one attached hydrogen (secondary N) is 1. The summed E-state index contributed by atoms with van der Waals surface area (Å²) in [6.07, 6.45) is 3.14. The first-order valence-corrected chi connectivity index (χ1v) is 8.60. The largest absolute Gasteiger partial charge is 0.393 e. The minimum Gasteiger partial charge on any atom is -0.393 e. The van der Waals surface area contributed by atoms with Crippen LogP contribution in [0.25, 0.3) is 0 Å². The predicted octanol–water partition coefficient (Wildman–Crippen LogP) is 1.39. The minimum atomic E-state index is -0.421. The highest BCUT2D eigenvalue weighted by Crippen LogP contribution is 2.16. The van der Waals surface area contributed by atoms with Crippen LogP contribution in [0.3, 0.4) is 0 Å². The van der Waals surface area contributed by atoms with Gasteiger partial charge in [0.25, 0.3) is 0 Å². The van der Waals surface area contributed by atoms with Crippen LogP contribution >= 0.6 is 0 Å². The molecule has 1 saturated heterocycles. The second kappa shape index (κ2) is 9.01. The van der Waals surface area contributed by atoms with Gasteiger partial charge < -0.3 is 16.2 Å². The first-order valence-electron chi connectivity index (χ1n) is 8.60. The lowest BCUT2D eigenvalue weighted by Crippen LogP contribution is -2.40. The SMILES string of the molecule is CCCC(N)C(=O)NCc1ccccc1CN1CCC(O)CC1. The molecule has 0 bridgehead atoms. The topological polar surface area (TPSA) is 78.6 Å². The standard InChI is InChI=1S/C18H29N3O2/c1-2-5-17(19)18(23)20-12-14-6-3-4-7-15(14)13-21-10-8-16(22)9-11-21/h3-4,6-7,16-17,22H,2,5,8-13,19H2,1H3,(H,20,23). The van der Waals surface area contributed by atoms with E-state index in [0.717, 1.165) is 44.5 Å². The second-order valence-electron chi connectivity index (χ2n) is 6.39. The number of carbonyl (C=O) groups is 1. The van der Waals surface area contributed by atoms with Crippen LogP contribution < -0.4 is 11.1 Å². The molecule has 1 atom stereocenters. The van der Waals surface area contributed by atoms with Crippen LogP contribution in [0, 0.1) is 0 Å². The molecule has 128 valence electrons. The van der Waals surface area contributed by atoms with Crippen molar-refractivity contribution in [3.63, 3.8) is 0 Å². The Balaban J connectivity index is 1.91. The highest BCUT2D eigenvalue weighted by molar-refractivity contribution is 5.81. The number of carbonyl (C=O) groups excluding carboxylic acids is 1. The summed E-state index contributed by atoms with van der Waals surface area (Å²) in [6, 6.07) is 7.77. The number of hydrogen-bond donors (Lipinski definition) is 3. The highest BCUT2D eigenvalue weighted by atomic mass is 16.3. The van der Waals surface area contributed by atoms with Crippen LogP contribution in [-0.2, 0) is 17.9 Å². The zero-order chi connectivity index (χ0) is 16.7.